The number of aromatic hydroxyl groups is 1. The van der Waals surface area contributed by atoms with Gasteiger partial charge in [0.15, 0.2) is 0 Å². The van der Waals surface area contributed by atoms with Gasteiger partial charge in [-0.2, -0.15) is 5.10 Å². The van der Waals surface area contributed by atoms with Gasteiger partial charge in [-0.25, -0.2) is 5.43 Å². The minimum absolute atomic E-state index is 0.0497. The Kier molecular flexibility index (Phi) is 6.02. The summed E-state index contributed by atoms with van der Waals surface area (Å²) in [7, 11) is 0. The topological polar surface area (TPSA) is 61.7 Å². The number of carbonyl (C=O) groups is 1. The first-order chi connectivity index (χ1) is 10.4. The second-order valence-corrected chi connectivity index (χ2v) is 7.06. The Morgan fingerprint density at radius 2 is 1.82 bits per heavy atom. The number of benzene rings is 2. The van der Waals surface area contributed by atoms with Gasteiger partial charge in [-0.05, 0) is 62.2 Å². The lowest BCUT2D eigenvalue weighted by Crippen LogP contribution is -2.17. The van der Waals surface area contributed by atoms with E-state index in [1.807, 2.05) is 0 Å². The third-order valence-electron chi connectivity index (χ3n) is 2.65. The summed E-state index contributed by atoms with van der Waals surface area (Å²) < 4.78 is 1.69. The largest absolute Gasteiger partial charge is 0.506 e. The number of halogens is 4. The van der Waals surface area contributed by atoms with E-state index in [0.29, 0.717) is 29.6 Å². The van der Waals surface area contributed by atoms with E-state index in [0.717, 1.165) is 0 Å². The maximum Gasteiger partial charge on any atom is 0.271 e. The molecule has 0 heterocycles. The van der Waals surface area contributed by atoms with Crippen LogP contribution in [-0.4, -0.2) is 17.2 Å². The van der Waals surface area contributed by atoms with Crippen molar-refractivity contribution >= 4 is 71.5 Å². The van der Waals surface area contributed by atoms with Crippen molar-refractivity contribution in [1.29, 1.82) is 0 Å². The fourth-order valence-electron chi connectivity index (χ4n) is 1.53. The van der Waals surface area contributed by atoms with E-state index in [1.54, 1.807) is 30.3 Å². The second kappa shape index (κ2) is 7.59. The van der Waals surface area contributed by atoms with E-state index in [2.05, 4.69) is 58.3 Å². The predicted octanol–water partition coefficient (Wildman–Crippen LogP) is 5.10. The van der Waals surface area contributed by atoms with Gasteiger partial charge in [-0.15, -0.1) is 0 Å². The highest BCUT2D eigenvalue weighted by atomic mass is 79.9. The van der Waals surface area contributed by atoms with Gasteiger partial charge in [0.2, 0.25) is 0 Å². The summed E-state index contributed by atoms with van der Waals surface area (Å²) in [6.07, 6.45) is 1.42. The van der Waals surface area contributed by atoms with Crippen LogP contribution in [0.2, 0.25) is 5.02 Å². The number of amides is 1. The first-order valence-corrected chi connectivity index (χ1v) is 8.61. The van der Waals surface area contributed by atoms with E-state index in [4.69, 9.17) is 11.6 Å². The zero-order chi connectivity index (χ0) is 16.3. The van der Waals surface area contributed by atoms with Gasteiger partial charge in [0.1, 0.15) is 5.75 Å². The molecule has 114 valence electrons. The van der Waals surface area contributed by atoms with E-state index in [-0.39, 0.29) is 11.7 Å². The number of phenols is 1. The highest BCUT2D eigenvalue weighted by Gasteiger charge is 2.12. The van der Waals surface area contributed by atoms with Gasteiger partial charge in [0.05, 0.1) is 15.2 Å². The van der Waals surface area contributed by atoms with Crippen molar-refractivity contribution in [3.8, 4) is 5.75 Å². The molecule has 2 rings (SSSR count). The van der Waals surface area contributed by atoms with Crippen LogP contribution in [-0.2, 0) is 0 Å². The molecule has 0 atom stereocenters. The number of nitrogens with zero attached hydrogens (tertiary/aromatic N) is 1. The molecule has 0 aromatic heterocycles. The number of hydrogen-bond donors (Lipinski definition) is 2. The van der Waals surface area contributed by atoms with Crippen LogP contribution in [0, 0.1) is 0 Å². The zero-order valence-corrected chi connectivity index (χ0v) is 16.3. The monoisotopic (exact) mass is 508 g/mol. The summed E-state index contributed by atoms with van der Waals surface area (Å²) in [5.41, 5.74) is 3.45. The Morgan fingerprint density at radius 3 is 2.45 bits per heavy atom. The van der Waals surface area contributed by atoms with Crippen LogP contribution < -0.4 is 5.43 Å². The minimum atomic E-state index is -0.360. The van der Waals surface area contributed by atoms with Crippen LogP contribution in [0.5, 0.6) is 5.75 Å². The van der Waals surface area contributed by atoms with E-state index < -0.39 is 0 Å². The van der Waals surface area contributed by atoms with Gasteiger partial charge in [-0.1, -0.05) is 27.5 Å². The lowest BCUT2D eigenvalue weighted by atomic mass is 10.2. The quantitative estimate of drug-likeness (QED) is 0.445. The zero-order valence-electron chi connectivity index (χ0n) is 10.8. The number of rotatable bonds is 3. The summed E-state index contributed by atoms with van der Waals surface area (Å²) >= 11 is 15.6. The maximum atomic E-state index is 11.9. The molecule has 8 heteroatoms. The average molecular weight is 511 g/mol. The maximum absolute atomic E-state index is 11.9. The Morgan fingerprint density at radius 1 is 1.18 bits per heavy atom. The fraction of sp³-hybridized carbons (Fsp3) is 0. The van der Waals surface area contributed by atoms with Crippen LogP contribution in [0.15, 0.2) is 48.9 Å². The molecule has 2 aromatic carbocycles. The van der Waals surface area contributed by atoms with Gasteiger partial charge in [0.25, 0.3) is 5.91 Å². The van der Waals surface area contributed by atoms with Crippen LogP contribution in [0.1, 0.15) is 15.9 Å². The molecule has 4 nitrogen and oxygen atoms in total. The van der Waals surface area contributed by atoms with Crippen LogP contribution in [0.25, 0.3) is 0 Å². The number of hydrogen-bond acceptors (Lipinski definition) is 3. The molecule has 1 amide bonds. The molecular formula is C14H8Br3ClN2O2. The van der Waals surface area contributed by atoms with Crippen molar-refractivity contribution in [2.75, 3.05) is 0 Å². The molecule has 0 aliphatic carbocycles. The van der Waals surface area contributed by atoms with Gasteiger partial charge in [0, 0.05) is 20.6 Å². The van der Waals surface area contributed by atoms with Gasteiger partial charge in [-0.3, -0.25) is 4.79 Å². The second-order valence-electron chi connectivity index (χ2n) is 4.12. The highest BCUT2D eigenvalue weighted by Crippen LogP contribution is 2.38. The lowest BCUT2D eigenvalue weighted by molar-refractivity contribution is 0.0955. The molecule has 2 N–H and O–H groups in total. The summed E-state index contributed by atoms with van der Waals surface area (Å²) in [4.78, 5) is 11.9. The molecule has 0 aliphatic heterocycles. The molecule has 0 spiro atoms. The SMILES string of the molecule is O=C(N/N=C\c1c(Br)cc(Br)c(O)c1Br)c1ccc(Cl)cc1. The van der Waals surface area contributed by atoms with E-state index >= 15 is 0 Å². The van der Waals surface area contributed by atoms with Crippen molar-refractivity contribution in [3.05, 3.63) is 59.9 Å². The van der Waals surface area contributed by atoms with E-state index in [1.165, 1.54) is 6.21 Å². The molecule has 0 aliphatic rings. The van der Waals surface area contributed by atoms with Crippen molar-refractivity contribution < 1.29 is 9.90 Å². The molecule has 0 saturated carbocycles. The standard InChI is InChI=1S/C14H8Br3ClN2O2/c15-10-5-11(16)13(21)12(17)9(10)6-19-20-14(22)7-1-3-8(18)4-2-7/h1-6,21H,(H,20,22)/b19-6-. The molecule has 0 fully saturated rings. The minimum Gasteiger partial charge on any atom is -0.506 e. The third-order valence-corrected chi connectivity index (χ3v) is 4.96. The smallest absolute Gasteiger partial charge is 0.271 e. The fourth-order valence-corrected chi connectivity index (χ4v) is 3.99. The Labute approximate surface area is 156 Å². The van der Waals surface area contributed by atoms with E-state index in [9.17, 15) is 9.90 Å². The predicted molar refractivity (Wildman–Crippen MR) is 97.7 cm³/mol. The number of carbonyl (C=O) groups excluding carboxylic acids is 1. The van der Waals surface area contributed by atoms with Crippen molar-refractivity contribution in [2.24, 2.45) is 5.10 Å². The van der Waals surface area contributed by atoms with Crippen molar-refractivity contribution in [3.63, 3.8) is 0 Å². The van der Waals surface area contributed by atoms with Crippen LogP contribution in [0.3, 0.4) is 0 Å². The number of phenolic OH excluding ortho intramolecular Hbond substituents is 1. The molecule has 0 unspecified atom stereocenters. The van der Waals surface area contributed by atoms with Gasteiger partial charge >= 0.3 is 0 Å². The molecule has 0 radical (unpaired) electrons. The molecule has 0 bridgehead atoms. The van der Waals surface area contributed by atoms with Gasteiger partial charge < -0.3 is 5.11 Å². The lowest BCUT2D eigenvalue weighted by Gasteiger charge is -2.06. The van der Waals surface area contributed by atoms with Crippen molar-refractivity contribution in [2.45, 2.75) is 0 Å². The summed E-state index contributed by atoms with van der Waals surface area (Å²) in [5, 5.41) is 14.3. The average Bonchev–Trinajstić information content (AvgIpc) is 2.49. The van der Waals surface area contributed by atoms with Crippen LogP contribution >= 0.6 is 59.4 Å². The molecule has 0 saturated heterocycles. The Hall–Kier alpha value is -0.890. The first kappa shape index (κ1) is 17.5. The Balaban J connectivity index is 2.15. The van der Waals surface area contributed by atoms with Crippen LogP contribution in [0.4, 0.5) is 0 Å². The number of hydrazone groups is 1. The Bertz CT molecular complexity index is 749. The highest BCUT2D eigenvalue weighted by molar-refractivity contribution is 9.11. The molecular weight excluding hydrogens is 503 g/mol. The third kappa shape index (κ3) is 4.10. The number of nitrogens with one attached hydrogen (secondary N) is 1. The van der Waals surface area contributed by atoms with Crippen molar-refractivity contribution in [1.82, 2.24) is 5.43 Å². The summed E-state index contributed by atoms with van der Waals surface area (Å²) in [5.74, 6) is -0.310. The molecule has 22 heavy (non-hydrogen) atoms. The first-order valence-electron chi connectivity index (χ1n) is 5.85. The summed E-state index contributed by atoms with van der Waals surface area (Å²) in [6, 6.07) is 8.14. The summed E-state index contributed by atoms with van der Waals surface area (Å²) in [6.45, 7) is 0. The normalized spacial score (nSPS) is 10.9. The molecule has 2 aromatic rings.